The number of rotatable bonds is 6. The highest BCUT2D eigenvalue weighted by Crippen LogP contribution is 2.25. The molecule has 2 atom stereocenters. The van der Waals surface area contributed by atoms with Gasteiger partial charge in [-0.25, -0.2) is 9.59 Å². The molecule has 1 heterocycles. The Kier molecular flexibility index (Phi) is 16.7. The molecule has 2 rings (SSSR count). The summed E-state index contributed by atoms with van der Waals surface area (Å²) in [7, 11) is 2.02. The van der Waals surface area contributed by atoms with Crippen LogP contribution in [0.25, 0.3) is 0 Å². The molecule has 0 bridgehead atoms. The fraction of sp³-hybridized carbons (Fsp3) is 0.600. The standard InChI is InChI=1S/C20H30N2O5.4ClH/c1-19(2,3)27-18(25)21-20(14-23,16-8-6-5-7-9-16)17(24)26-13-15-10-11-22(4)12-15;;;;/h5-9,15,23H,10-14H2,1-4H3,(H,21,25);4*1H/t15-,20?;;;;/m0..../s1. The summed E-state index contributed by atoms with van der Waals surface area (Å²) in [6.07, 6.45) is 0.152. The molecule has 1 aliphatic rings. The van der Waals surface area contributed by atoms with E-state index in [4.69, 9.17) is 9.47 Å². The summed E-state index contributed by atoms with van der Waals surface area (Å²) in [6, 6.07) is 8.58. The van der Waals surface area contributed by atoms with Crippen molar-refractivity contribution in [2.75, 3.05) is 33.4 Å². The maximum absolute atomic E-state index is 13.0. The Morgan fingerprint density at radius 1 is 1.13 bits per heavy atom. The molecular formula is C20H34Cl4N2O5. The van der Waals surface area contributed by atoms with Gasteiger partial charge >= 0.3 is 12.1 Å². The highest BCUT2D eigenvalue weighted by Gasteiger charge is 2.44. The van der Waals surface area contributed by atoms with Crippen LogP contribution in [0.4, 0.5) is 4.79 Å². The number of nitrogens with one attached hydrogen (secondary N) is 1. The number of benzene rings is 1. The molecule has 31 heavy (non-hydrogen) atoms. The smallest absolute Gasteiger partial charge is 0.408 e. The SMILES string of the molecule is CN1CC[C@H](COC(=O)C(CO)(NC(=O)OC(C)(C)C)c2ccccc2)C1.Cl.Cl.Cl.Cl. The van der Waals surface area contributed by atoms with Gasteiger partial charge in [0, 0.05) is 12.5 Å². The lowest BCUT2D eigenvalue weighted by molar-refractivity contribution is -0.155. The van der Waals surface area contributed by atoms with E-state index in [0.29, 0.717) is 5.56 Å². The van der Waals surface area contributed by atoms with Crippen molar-refractivity contribution in [3.63, 3.8) is 0 Å². The van der Waals surface area contributed by atoms with Crippen molar-refractivity contribution in [1.82, 2.24) is 10.2 Å². The molecule has 182 valence electrons. The lowest BCUT2D eigenvalue weighted by Crippen LogP contribution is -2.56. The first-order chi connectivity index (χ1) is 12.7. The molecule has 7 nitrogen and oxygen atoms in total. The summed E-state index contributed by atoms with van der Waals surface area (Å²) < 4.78 is 10.8. The van der Waals surface area contributed by atoms with E-state index in [1.165, 1.54) is 0 Å². The molecule has 1 aromatic carbocycles. The molecule has 0 saturated carbocycles. The van der Waals surface area contributed by atoms with Crippen LogP contribution in [0, 0.1) is 5.92 Å². The first-order valence-electron chi connectivity index (χ1n) is 9.19. The summed E-state index contributed by atoms with van der Waals surface area (Å²) in [6.45, 7) is 6.60. The van der Waals surface area contributed by atoms with Gasteiger partial charge in [-0.1, -0.05) is 30.3 Å². The van der Waals surface area contributed by atoms with Crippen LogP contribution in [-0.4, -0.2) is 61.0 Å². The quantitative estimate of drug-likeness (QED) is 0.554. The molecule has 1 fully saturated rings. The van der Waals surface area contributed by atoms with Crippen molar-refractivity contribution in [3.8, 4) is 0 Å². The maximum Gasteiger partial charge on any atom is 0.408 e. The van der Waals surface area contributed by atoms with Crippen molar-refractivity contribution >= 4 is 61.7 Å². The van der Waals surface area contributed by atoms with Crippen LogP contribution >= 0.6 is 49.6 Å². The van der Waals surface area contributed by atoms with Gasteiger partial charge in [-0.3, -0.25) is 5.32 Å². The second-order valence-electron chi connectivity index (χ2n) is 8.07. The van der Waals surface area contributed by atoms with E-state index in [9.17, 15) is 14.7 Å². The maximum atomic E-state index is 13.0. The van der Waals surface area contributed by atoms with Crippen LogP contribution in [0.15, 0.2) is 30.3 Å². The highest BCUT2D eigenvalue weighted by atomic mass is 35.5. The number of halogens is 4. The number of hydrogen-bond acceptors (Lipinski definition) is 6. The molecule has 0 spiro atoms. The second-order valence-corrected chi connectivity index (χ2v) is 8.07. The van der Waals surface area contributed by atoms with Crippen LogP contribution < -0.4 is 5.32 Å². The van der Waals surface area contributed by atoms with Crippen molar-refractivity contribution in [1.29, 1.82) is 0 Å². The number of hydrogen-bond donors (Lipinski definition) is 2. The van der Waals surface area contributed by atoms with Gasteiger partial charge in [-0.15, -0.1) is 49.6 Å². The van der Waals surface area contributed by atoms with Crippen LogP contribution in [0.1, 0.15) is 32.8 Å². The Bertz CT molecular complexity index is 661. The summed E-state index contributed by atoms with van der Waals surface area (Å²) >= 11 is 0. The summed E-state index contributed by atoms with van der Waals surface area (Å²) in [4.78, 5) is 27.5. The zero-order valence-corrected chi connectivity index (χ0v) is 21.4. The number of alkyl carbamates (subject to hydrolysis) is 1. The number of carbonyl (C=O) groups is 2. The molecule has 1 unspecified atom stereocenters. The molecule has 0 radical (unpaired) electrons. The van der Waals surface area contributed by atoms with Crippen LogP contribution in [-0.2, 0) is 19.8 Å². The molecule has 0 aliphatic carbocycles. The van der Waals surface area contributed by atoms with Gasteiger partial charge in [0.25, 0.3) is 0 Å². The van der Waals surface area contributed by atoms with E-state index in [0.717, 1.165) is 19.5 Å². The van der Waals surface area contributed by atoms with E-state index in [-0.39, 0.29) is 62.2 Å². The Morgan fingerprint density at radius 3 is 2.16 bits per heavy atom. The first kappa shape index (κ1) is 34.6. The van der Waals surface area contributed by atoms with Crippen LogP contribution in [0.2, 0.25) is 0 Å². The largest absolute Gasteiger partial charge is 0.463 e. The summed E-state index contributed by atoms with van der Waals surface area (Å²) in [5.74, 6) is -0.454. The third kappa shape index (κ3) is 10.0. The van der Waals surface area contributed by atoms with Crippen molar-refractivity contribution in [2.24, 2.45) is 5.92 Å². The third-order valence-electron chi connectivity index (χ3n) is 4.51. The third-order valence-corrected chi connectivity index (χ3v) is 4.51. The Balaban J connectivity index is -0.00000196. The average molecular weight is 524 g/mol. The van der Waals surface area contributed by atoms with Crippen LogP contribution in [0.3, 0.4) is 0 Å². The molecule has 2 N–H and O–H groups in total. The van der Waals surface area contributed by atoms with E-state index >= 15 is 0 Å². The number of carbonyl (C=O) groups excluding carboxylic acids is 2. The van der Waals surface area contributed by atoms with Gasteiger partial charge in [0.1, 0.15) is 5.60 Å². The lowest BCUT2D eigenvalue weighted by Gasteiger charge is -2.32. The summed E-state index contributed by atoms with van der Waals surface area (Å²) in [5, 5.41) is 12.6. The number of aliphatic hydroxyl groups excluding tert-OH is 1. The predicted octanol–water partition coefficient (Wildman–Crippen LogP) is 3.58. The number of likely N-dealkylation sites (tertiary alicyclic amines) is 1. The minimum absolute atomic E-state index is 0. The molecule has 1 amide bonds. The monoisotopic (exact) mass is 522 g/mol. The number of aliphatic hydroxyl groups is 1. The van der Waals surface area contributed by atoms with Gasteiger partial charge in [0.2, 0.25) is 0 Å². The second kappa shape index (κ2) is 15.0. The minimum Gasteiger partial charge on any atom is -0.463 e. The van der Waals surface area contributed by atoms with Gasteiger partial charge in [0.05, 0.1) is 13.2 Å². The van der Waals surface area contributed by atoms with E-state index in [2.05, 4.69) is 10.2 Å². The van der Waals surface area contributed by atoms with Gasteiger partial charge in [-0.2, -0.15) is 0 Å². The van der Waals surface area contributed by atoms with Gasteiger partial charge in [0.15, 0.2) is 5.54 Å². The lowest BCUT2D eigenvalue weighted by atomic mass is 9.90. The number of esters is 1. The summed E-state index contributed by atoms with van der Waals surface area (Å²) in [5.41, 5.74) is -2.01. The van der Waals surface area contributed by atoms with E-state index in [1.807, 2.05) is 7.05 Å². The zero-order chi connectivity index (χ0) is 20.1. The zero-order valence-electron chi connectivity index (χ0n) is 18.2. The number of nitrogens with zero attached hydrogens (tertiary/aromatic N) is 1. The van der Waals surface area contributed by atoms with Gasteiger partial charge in [-0.05, 0) is 46.3 Å². The molecular weight excluding hydrogens is 490 g/mol. The molecule has 1 aliphatic heterocycles. The minimum atomic E-state index is -1.71. The Morgan fingerprint density at radius 2 is 1.71 bits per heavy atom. The van der Waals surface area contributed by atoms with E-state index < -0.39 is 29.8 Å². The molecule has 1 saturated heterocycles. The average Bonchev–Trinajstić information content (AvgIpc) is 3.02. The van der Waals surface area contributed by atoms with Crippen molar-refractivity contribution in [3.05, 3.63) is 35.9 Å². The van der Waals surface area contributed by atoms with E-state index in [1.54, 1.807) is 51.1 Å². The van der Waals surface area contributed by atoms with Crippen LogP contribution in [0.5, 0.6) is 0 Å². The topological polar surface area (TPSA) is 88.1 Å². The number of ether oxygens (including phenoxy) is 2. The molecule has 1 aromatic rings. The highest BCUT2D eigenvalue weighted by molar-refractivity contribution is 5.87. The molecule has 11 heteroatoms. The fourth-order valence-corrected chi connectivity index (χ4v) is 3.12. The van der Waals surface area contributed by atoms with Gasteiger partial charge < -0.3 is 19.5 Å². The number of amides is 1. The molecule has 0 aromatic heterocycles. The Hall–Kier alpha value is -0.960. The normalized spacial score (nSPS) is 17.4. The Labute approximate surface area is 209 Å². The van der Waals surface area contributed by atoms with Crippen molar-refractivity contribution < 1.29 is 24.2 Å². The first-order valence-corrected chi connectivity index (χ1v) is 9.19. The van der Waals surface area contributed by atoms with Crippen molar-refractivity contribution in [2.45, 2.75) is 38.3 Å². The fourth-order valence-electron chi connectivity index (χ4n) is 3.12. The predicted molar refractivity (Wildman–Crippen MR) is 130 cm³/mol.